The number of anilines is 2. The number of carbonyl (C=O) groups is 1. The summed E-state index contributed by atoms with van der Waals surface area (Å²) in [5, 5.41) is 2.72. The molecule has 1 saturated heterocycles. The number of hydrogen-bond donors (Lipinski definition) is 1. The molecule has 2 fully saturated rings. The molecule has 202 valence electrons. The fourth-order valence-corrected chi connectivity index (χ4v) is 4.18. The number of hydrogen-bond acceptors (Lipinski definition) is 8. The topological polar surface area (TPSA) is 98.7 Å². The normalized spacial score (nSPS) is 18.4. The molecule has 5 rings (SSSR count). The summed E-state index contributed by atoms with van der Waals surface area (Å²) in [4.78, 5) is 26.4. The Morgan fingerprint density at radius 2 is 2.00 bits per heavy atom. The van der Waals surface area contributed by atoms with Crippen LogP contribution in [0, 0.1) is 11.6 Å². The van der Waals surface area contributed by atoms with Gasteiger partial charge in [-0.1, -0.05) is 11.6 Å². The highest BCUT2D eigenvalue weighted by atomic mass is 35.5. The van der Waals surface area contributed by atoms with E-state index < -0.39 is 29.4 Å². The SMILES string of the molecule is CC(C)(C)OC(=O)N1CC[C@H](Oc2nc3c(Nc4ccc(OC5(C)CC5)c(Cl)c4F)ncnc3cc2F)C1. The predicted molar refractivity (Wildman–Crippen MR) is 137 cm³/mol. The smallest absolute Gasteiger partial charge is 0.410 e. The Bertz CT molecular complexity index is 1400. The monoisotopic (exact) mass is 547 g/mol. The number of rotatable bonds is 6. The number of likely N-dealkylation sites (tertiary alicyclic amines) is 1. The van der Waals surface area contributed by atoms with E-state index in [9.17, 15) is 9.18 Å². The third kappa shape index (κ3) is 5.67. The van der Waals surface area contributed by atoms with Gasteiger partial charge in [0.15, 0.2) is 17.5 Å². The number of amides is 1. The average molecular weight is 548 g/mol. The van der Waals surface area contributed by atoms with Gasteiger partial charge >= 0.3 is 6.09 Å². The maximum absolute atomic E-state index is 15.1. The van der Waals surface area contributed by atoms with Crippen molar-refractivity contribution in [2.24, 2.45) is 0 Å². The second-order valence-electron chi connectivity index (χ2n) is 10.7. The summed E-state index contributed by atoms with van der Waals surface area (Å²) in [6.07, 6.45) is 2.51. The van der Waals surface area contributed by atoms with Crippen LogP contribution in [0.3, 0.4) is 0 Å². The van der Waals surface area contributed by atoms with Crippen LogP contribution in [0.4, 0.5) is 25.1 Å². The van der Waals surface area contributed by atoms with Crippen molar-refractivity contribution in [3.05, 3.63) is 41.2 Å². The first-order chi connectivity index (χ1) is 17.9. The Balaban J connectivity index is 1.35. The van der Waals surface area contributed by atoms with Gasteiger partial charge in [-0.2, -0.15) is 0 Å². The van der Waals surface area contributed by atoms with Crippen LogP contribution in [0.2, 0.25) is 5.02 Å². The maximum Gasteiger partial charge on any atom is 0.410 e. The van der Waals surface area contributed by atoms with Gasteiger partial charge in [-0.3, -0.25) is 0 Å². The van der Waals surface area contributed by atoms with E-state index >= 15 is 4.39 Å². The van der Waals surface area contributed by atoms with E-state index in [0.29, 0.717) is 13.0 Å². The zero-order chi connectivity index (χ0) is 27.2. The third-order valence-corrected chi connectivity index (χ3v) is 6.57. The lowest BCUT2D eigenvalue weighted by atomic mass is 10.2. The molecule has 2 aromatic heterocycles. The van der Waals surface area contributed by atoms with Crippen LogP contribution in [-0.4, -0.2) is 56.3 Å². The molecule has 12 heteroatoms. The number of aromatic nitrogens is 3. The second-order valence-corrected chi connectivity index (χ2v) is 11.1. The summed E-state index contributed by atoms with van der Waals surface area (Å²) in [6.45, 7) is 7.92. The molecule has 2 aliphatic rings. The van der Waals surface area contributed by atoms with Crippen molar-refractivity contribution in [1.29, 1.82) is 0 Å². The number of halogens is 3. The molecule has 1 atom stereocenters. The summed E-state index contributed by atoms with van der Waals surface area (Å²) in [6, 6.07) is 4.24. The second kappa shape index (κ2) is 9.68. The first-order valence-electron chi connectivity index (χ1n) is 12.3. The Morgan fingerprint density at radius 1 is 1.24 bits per heavy atom. The van der Waals surface area contributed by atoms with Crippen molar-refractivity contribution in [3.8, 4) is 11.6 Å². The molecule has 38 heavy (non-hydrogen) atoms. The van der Waals surface area contributed by atoms with Crippen molar-refractivity contribution in [2.75, 3.05) is 18.4 Å². The summed E-state index contributed by atoms with van der Waals surface area (Å²) < 4.78 is 47.0. The lowest BCUT2D eigenvalue weighted by molar-refractivity contribution is 0.0274. The minimum absolute atomic E-state index is 0.0423. The molecule has 0 bridgehead atoms. The van der Waals surface area contributed by atoms with E-state index in [0.717, 1.165) is 12.8 Å². The van der Waals surface area contributed by atoms with Crippen LogP contribution < -0.4 is 14.8 Å². The molecule has 0 unspecified atom stereocenters. The van der Waals surface area contributed by atoms with E-state index in [4.69, 9.17) is 25.8 Å². The van der Waals surface area contributed by atoms with Crippen molar-refractivity contribution in [1.82, 2.24) is 19.9 Å². The number of nitrogens with zero attached hydrogens (tertiary/aromatic N) is 4. The average Bonchev–Trinajstić information content (AvgIpc) is 3.37. The number of nitrogens with one attached hydrogen (secondary N) is 1. The first-order valence-corrected chi connectivity index (χ1v) is 12.7. The maximum atomic E-state index is 15.1. The molecule has 1 saturated carbocycles. The third-order valence-electron chi connectivity index (χ3n) is 6.22. The van der Waals surface area contributed by atoms with Crippen LogP contribution in [0.5, 0.6) is 11.6 Å². The Morgan fingerprint density at radius 3 is 2.71 bits per heavy atom. The zero-order valence-corrected chi connectivity index (χ0v) is 22.2. The molecule has 1 aliphatic carbocycles. The number of ether oxygens (including phenoxy) is 3. The van der Waals surface area contributed by atoms with E-state index in [-0.39, 0.29) is 51.3 Å². The Kier molecular flexibility index (Phi) is 6.66. The zero-order valence-electron chi connectivity index (χ0n) is 21.5. The summed E-state index contributed by atoms with van der Waals surface area (Å²) in [5.41, 5.74) is -0.533. The van der Waals surface area contributed by atoms with Gasteiger partial charge in [0.05, 0.1) is 17.7 Å². The van der Waals surface area contributed by atoms with Gasteiger partial charge in [0.1, 0.15) is 39.9 Å². The fraction of sp³-hybridized carbons (Fsp3) is 0.462. The quantitative estimate of drug-likeness (QED) is 0.400. The van der Waals surface area contributed by atoms with Crippen molar-refractivity contribution < 1.29 is 27.8 Å². The summed E-state index contributed by atoms with van der Waals surface area (Å²) in [5.74, 6) is -1.31. The Labute approximate surface area is 223 Å². The lowest BCUT2D eigenvalue weighted by Crippen LogP contribution is -2.36. The molecule has 1 aliphatic heterocycles. The van der Waals surface area contributed by atoms with Crippen LogP contribution in [-0.2, 0) is 4.74 Å². The van der Waals surface area contributed by atoms with E-state index in [1.54, 1.807) is 26.8 Å². The van der Waals surface area contributed by atoms with Gasteiger partial charge in [-0.15, -0.1) is 0 Å². The van der Waals surface area contributed by atoms with E-state index in [1.807, 2.05) is 6.92 Å². The van der Waals surface area contributed by atoms with Crippen LogP contribution >= 0.6 is 11.6 Å². The highest BCUT2D eigenvalue weighted by Gasteiger charge is 2.40. The van der Waals surface area contributed by atoms with Crippen molar-refractivity contribution >= 4 is 40.2 Å². The predicted octanol–water partition coefficient (Wildman–Crippen LogP) is 6.02. The van der Waals surface area contributed by atoms with Gasteiger partial charge in [-0.05, 0) is 52.7 Å². The summed E-state index contributed by atoms with van der Waals surface area (Å²) in [7, 11) is 0. The molecule has 0 radical (unpaired) electrons. The highest BCUT2D eigenvalue weighted by Crippen LogP contribution is 2.43. The van der Waals surface area contributed by atoms with Gasteiger partial charge < -0.3 is 24.4 Å². The van der Waals surface area contributed by atoms with Gasteiger partial charge in [-0.25, -0.2) is 28.5 Å². The van der Waals surface area contributed by atoms with Crippen LogP contribution in [0.1, 0.15) is 47.0 Å². The molecule has 1 aromatic carbocycles. The molecule has 0 spiro atoms. The number of fused-ring (bicyclic) bond motifs is 1. The minimum Gasteiger partial charge on any atom is -0.486 e. The standard InChI is InChI=1S/C26H28ClF2N5O4/c1-25(2,3)38-24(35)34-10-7-14(12-34)36-23-15(28)11-17-21(33-23)22(31-13-30-17)32-16-5-6-18(19(27)20(16)29)37-26(4)8-9-26/h5-6,11,13-14H,7-10,12H2,1-4H3,(H,30,31,32)/t14-/m0/s1. The highest BCUT2D eigenvalue weighted by molar-refractivity contribution is 6.32. The first kappa shape index (κ1) is 26.1. The van der Waals surface area contributed by atoms with Gasteiger partial charge in [0.2, 0.25) is 0 Å². The minimum atomic E-state index is -0.720. The number of carbonyl (C=O) groups excluding carboxylic acids is 1. The largest absolute Gasteiger partial charge is 0.486 e. The molecule has 3 aromatic rings. The van der Waals surface area contributed by atoms with E-state index in [2.05, 4.69) is 20.3 Å². The number of pyridine rings is 1. The van der Waals surface area contributed by atoms with Crippen molar-refractivity contribution in [2.45, 2.75) is 64.3 Å². The van der Waals surface area contributed by atoms with Crippen LogP contribution in [0.25, 0.3) is 11.0 Å². The van der Waals surface area contributed by atoms with Crippen molar-refractivity contribution in [3.63, 3.8) is 0 Å². The molecular weight excluding hydrogens is 520 g/mol. The molecular formula is C26H28ClF2N5O4. The van der Waals surface area contributed by atoms with Gasteiger partial charge in [0, 0.05) is 19.0 Å². The Hall–Kier alpha value is -3.47. The fourth-order valence-electron chi connectivity index (χ4n) is 3.97. The molecule has 3 heterocycles. The molecule has 1 N–H and O–H groups in total. The molecule has 1 amide bonds. The van der Waals surface area contributed by atoms with E-state index in [1.165, 1.54) is 23.4 Å². The molecule has 9 nitrogen and oxygen atoms in total. The van der Waals surface area contributed by atoms with Crippen LogP contribution in [0.15, 0.2) is 24.5 Å². The summed E-state index contributed by atoms with van der Waals surface area (Å²) >= 11 is 6.23. The lowest BCUT2D eigenvalue weighted by Gasteiger charge is -2.24. The number of benzene rings is 1. The van der Waals surface area contributed by atoms with Gasteiger partial charge in [0.25, 0.3) is 5.88 Å².